The molecule has 0 saturated carbocycles. The zero-order valence-corrected chi connectivity index (χ0v) is 11.8. The normalized spacial score (nSPS) is 11.5. The van der Waals surface area contributed by atoms with E-state index in [9.17, 15) is 13.0 Å². The van der Waals surface area contributed by atoms with Crippen LogP contribution in [0.15, 0.2) is 71.6 Å². The summed E-state index contributed by atoms with van der Waals surface area (Å²) in [4.78, 5) is -0.114. The van der Waals surface area contributed by atoms with Crippen LogP contribution in [0.2, 0.25) is 0 Å². The van der Waals surface area contributed by atoms with Gasteiger partial charge in [-0.3, -0.25) is 4.55 Å². The van der Waals surface area contributed by atoms with Crippen molar-refractivity contribution in [1.82, 2.24) is 0 Å². The van der Waals surface area contributed by atoms with Gasteiger partial charge in [0.1, 0.15) is 0 Å². The van der Waals surface area contributed by atoms with Crippen LogP contribution in [0.25, 0.3) is 10.8 Å². The second-order valence-corrected chi connectivity index (χ2v) is 6.08. The van der Waals surface area contributed by atoms with Gasteiger partial charge in [0, 0.05) is 16.8 Å². The van der Waals surface area contributed by atoms with Gasteiger partial charge in [-0.25, -0.2) is 0 Å². The summed E-state index contributed by atoms with van der Waals surface area (Å²) < 4.78 is 31.7. The molecule has 106 valence electrons. The van der Waals surface area contributed by atoms with Gasteiger partial charge in [0.25, 0.3) is 10.1 Å². The van der Waals surface area contributed by atoms with E-state index in [4.69, 9.17) is 0 Å². The number of hydrogen-bond donors (Lipinski definition) is 2. The lowest BCUT2D eigenvalue weighted by Gasteiger charge is -2.10. The molecule has 0 aliphatic carbocycles. The van der Waals surface area contributed by atoms with Gasteiger partial charge < -0.3 is 5.32 Å². The Morgan fingerprint density at radius 2 is 1.62 bits per heavy atom. The summed E-state index contributed by atoms with van der Waals surface area (Å²) in [5, 5.41) is 4.87. The van der Waals surface area contributed by atoms with Crippen LogP contribution in [-0.2, 0) is 10.1 Å². The van der Waals surface area contributed by atoms with E-state index in [2.05, 4.69) is 5.32 Å². The fraction of sp³-hybridized carbons (Fsp3) is 0. The van der Waals surface area contributed by atoms with E-state index in [1.54, 1.807) is 6.07 Å². The van der Waals surface area contributed by atoms with E-state index in [1.807, 2.05) is 48.5 Å². The summed E-state index contributed by atoms with van der Waals surface area (Å²) in [6, 6.07) is 19.8. The molecule has 0 aliphatic rings. The molecule has 21 heavy (non-hydrogen) atoms. The highest BCUT2D eigenvalue weighted by molar-refractivity contribution is 7.85. The minimum Gasteiger partial charge on any atom is -0.355 e. The predicted octanol–water partition coefficient (Wildman–Crippen LogP) is 3.83. The number of rotatable bonds is 3. The third kappa shape index (κ3) is 2.89. The lowest BCUT2D eigenvalue weighted by Crippen LogP contribution is -1.98. The van der Waals surface area contributed by atoms with Gasteiger partial charge in [0.15, 0.2) is 0 Å². The summed E-state index contributed by atoms with van der Waals surface area (Å²) in [7, 11) is -4.21. The molecular formula is C16H13NO3S. The third-order valence-electron chi connectivity index (χ3n) is 3.20. The van der Waals surface area contributed by atoms with Gasteiger partial charge in [-0.15, -0.1) is 0 Å². The van der Waals surface area contributed by atoms with Crippen LogP contribution in [0.3, 0.4) is 0 Å². The second kappa shape index (κ2) is 5.20. The predicted molar refractivity (Wildman–Crippen MR) is 83.5 cm³/mol. The molecule has 3 aromatic carbocycles. The Morgan fingerprint density at radius 1 is 0.857 bits per heavy atom. The van der Waals surface area contributed by atoms with Gasteiger partial charge in [-0.1, -0.05) is 36.4 Å². The fourth-order valence-corrected chi connectivity index (χ4v) is 2.70. The number of benzene rings is 3. The van der Waals surface area contributed by atoms with Crippen LogP contribution in [0, 0.1) is 0 Å². The number of fused-ring (bicyclic) bond motifs is 1. The second-order valence-electron chi connectivity index (χ2n) is 4.65. The van der Waals surface area contributed by atoms with Gasteiger partial charge in [-0.2, -0.15) is 8.42 Å². The zero-order valence-electron chi connectivity index (χ0n) is 11.0. The molecule has 0 atom stereocenters. The molecule has 0 aromatic heterocycles. The topological polar surface area (TPSA) is 66.4 Å². The first-order valence-electron chi connectivity index (χ1n) is 6.36. The standard InChI is InChI=1S/C16H13NO3S/c18-21(19,20)14-10-9-12-5-4-8-16(15(12)11-14)17-13-6-2-1-3-7-13/h1-11,17H,(H,18,19,20). The summed E-state index contributed by atoms with van der Waals surface area (Å²) in [6.45, 7) is 0. The van der Waals surface area contributed by atoms with Crippen molar-refractivity contribution < 1.29 is 13.0 Å². The maximum atomic E-state index is 11.3. The first kappa shape index (κ1) is 13.6. The smallest absolute Gasteiger partial charge is 0.294 e. The molecule has 3 aromatic rings. The highest BCUT2D eigenvalue weighted by Crippen LogP contribution is 2.28. The molecule has 4 nitrogen and oxygen atoms in total. The van der Waals surface area contributed by atoms with Gasteiger partial charge in [0.05, 0.1) is 4.90 Å². The highest BCUT2D eigenvalue weighted by atomic mass is 32.2. The van der Waals surface area contributed by atoms with Gasteiger partial charge in [0.2, 0.25) is 0 Å². The van der Waals surface area contributed by atoms with E-state index in [0.717, 1.165) is 22.1 Å². The Morgan fingerprint density at radius 3 is 2.33 bits per heavy atom. The molecule has 0 spiro atoms. The summed E-state index contributed by atoms with van der Waals surface area (Å²) in [5.41, 5.74) is 1.69. The molecule has 0 unspecified atom stereocenters. The molecular weight excluding hydrogens is 286 g/mol. The maximum absolute atomic E-state index is 11.3. The average Bonchev–Trinajstić information content (AvgIpc) is 2.47. The summed E-state index contributed by atoms with van der Waals surface area (Å²) >= 11 is 0. The molecule has 0 fully saturated rings. The van der Waals surface area contributed by atoms with Crippen LogP contribution in [-0.4, -0.2) is 13.0 Å². The van der Waals surface area contributed by atoms with E-state index in [-0.39, 0.29) is 4.90 Å². The van der Waals surface area contributed by atoms with Gasteiger partial charge in [-0.05, 0) is 35.7 Å². The van der Waals surface area contributed by atoms with Crippen molar-refractivity contribution in [2.45, 2.75) is 4.90 Å². The van der Waals surface area contributed by atoms with E-state index in [1.165, 1.54) is 12.1 Å². The Bertz CT molecular complexity index is 890. The molecule has 0 bridgehead atoms. The van der Waals surface area contributed by atoms with E-state index in [0.29, 0.717) is 0 Å². The molecule has 2 N–H and O–H groups in total. The van der Waals surface area contributed by atoms with Crippen LogP contribution >= 0.6 is 0 Å². The molecule has 0 amide bonds. The maximum Gasteiger partial charge on any atom is 0.294 e. The van der Waals surface area contributed by atoms with Gasteiger partial charge >= 0.3 is 0 Å². The van der Waals surface area contributed by atoms with E-state index < -0.39 is 10.1 Å². The van der Waals surface area contributed by atoms with Crippen LogP contribution in [0.5, 0.6) is 0 Å². The van der Waals surface area contributed by atoms with Crippen LogP contribution in [0.1, 0.15) is 0 Å². The quantitative estimate of drug-likeness (QED) is 0.721. The zero-order chi connectivity index (χ0) is 14.9. The Kier molecular flexibility index (Phi) is 3.37. The molecule has 0 saturated heterocycles. The lowest BCUT2D eigenvalue weighted by atomic mass is 10.1. The summed E-state index contributed by atoms with van der Waals surface area (Å²) in [6.07, 6.45) is 0. The number of nitrogens with one attached hydrogen (secondary N) is 1. The Balaban J connectivity index is 2.14. The lowest BCUT2D eigenvalue weighted by molar-refractivity contribution is 0.483. The Labute approximate surface area is 122 Å². The highest BCUT2D eigenvalue weighted by Gasteiger charge is 2.11. The fourth-order valence-electron chi connectivity index (χ4n) is 2.20. The number of para-hydroxylation sites is 1. The Hall–Kier alpha value is -2.37. The first-order valence-corrected chi connectivity index (χ1v) is 7.80. The number of anilines is 2. The molecule has 5 heteroatoms. The average molecular weight is 299 g/mol. The van der Waals surface area contributed by atoms with Crippen molar-refractivity contribution in [3.63, 3.8) is 0 Å². The van der Waals surface area contributed by atoms with Crippen molar-refractivity contribution in [1.29, 1.82) is 0 Å². The van der Waals surface area contributed by atoms with E-state index >= 15 is 0 Å². The molecule has 0 radical (unpaired) electrons. The van der Waals surface area contributed by atoms with Crippen molar-refractivity contribution in [3.05, 3.63) is 66.7 Å². The first-order chi connectivity index (χ1) is 10.0. The largest absolute Gasteiger partial charge is 0.355 e. The van der Waals surface area contributed by atoms with Crippen LogP contribution < -0.4 is 5.32 Å². The minimum absolute atomic E-state index is 0.114. The summed E-state index contributed by atoms with van der Waals surface area (Å²) in [5.74, 6) is 0. The van der Waals surface area contributed by atoms with Crippen molar-refractivity contribution in [3.8, 4) is 0 Å². The molecule has 3 rings (SSSR count). The van der Waals surface area contributed by atoms with Crippen LogP contribution in [0.4, 0.5) is 11.4 Å². The molecule has 0 aliphatic heterocycles. The molecule has 0 heterocycles. The van der Waals surface area contributed by atoms with Crippen molar-refractivity contribution in [2.24, 2.45) is 0 Å². The SMILES string of the molecule is O=S(=O)(O)c1ccc2cccc(Nc3ccccc3)c2c1. The monoisotopic (exact) mass is 299 g/mol. The minimum atomic E-state index is -4.21. The van der Waals surface area contributed by atoms with Crippen molar-refractivity contribution in [2.75, 3.05) is 5.32 Å². The third-order valence-corrected chi connectivity index (χ3v) is 4.05. The van der Waals surface area contributed by atoms with Crippen molar-refractivity contribution >= 4 is 32.3 Å². The number of hydrogen-bond acceptors (Lipinski definition) is 3.